The van der Waals surface area contributed by atoms with Crippen molar-refractivity contribution in [1.29, 1.82) is 0 Å². The second kappa shape index (κ2) is 6.44. The third-order valence-corrected chi connectivity index (χ3v) is 3.63. The summed E-state index contributed by atoms with van der Waals surface area (Å²) in [6.07, 6.45) is -0.289. The highest BCUT2D eigenvalue weighted by atomic mass is 16.6. The van der Waals surface area contributed by atoms with Gasteiger partial charge >= 0.3 is 0 Å². The van der Waals surface area contributed by atoms with Gasteiger partial charge in [-0.2, -0.15) is 0 Å². The number of para-hydroxylation sites is 1. The Hall–Kier alpha value is -2.95. The molecule has 1 heterocycles. The molecule has 1 aliphatic heterocycles. The number of nitrogens with one attached hydrogen (secondary N) is 1. The Morgan fingerprint density at radius 3 is 2.52 bits per heavy atom. The van der Waals surface area contributed by atoms with Crippen molar-refractivity contribution in [2.45, 2.75) is 19.4 Å². The highest BCUT2D eigenvalue weighted by Gasteiger charge is 2.29. The zero-order valence-electron chi connectivity index (χ0n) is 12.7. The number of carbonyl (C=O) groups excluding carboxylic acids is 2. The number of amides is 1. The normalized spacial score (nSPS) is 16.4. The number of nitrogens with zero attached hydrogens (tertiary/aromatic N) is 1. The van der Waals surface area contributed by atoms with Gasteiger partial charge in [0.05, 0.1) is 11.4 Å². The topological polar surface area (TPSA) is 67.8 Å². The predicted molar refractivity (Wildman–Crippen MR) is 87.5 cm³/mol. The Balaban J connectivity index is 1.69. The fourth-order valence-electron chi connectivity index (χ4n) is 2.43. The maximum atomic E-state index is 12.3. The van der Waals surface area contributed by atoms with Gasteiger partial charge in [-0.3, -0.25) is 9.59 Å². The van der Waals surface area contributed by atoms with Crippen LogP contribution in [0.25, 0.3) is 0 Å². The van der Waals surface area contributed by atoms with Gasteiger partial charge in [-0.05, 0) is 24.6 Å². The molecular formula is C18H16N2O3. The minimum absolute atomic E-state index is 0.102. The summed E-state index contributed by atoms with van der Waals surface area (Å²) >= 11 is 0. The van der Waals surface area contributed by atoms with Crippen LogP contribution in [-0.4, -0.2) is 23.5 Å². The summed E-state index contributed by atoms with van der Waals surface area (Å²) in [4.78, 5) is 29.2. The molecule has 1 amide bonds. The van der Waals surface area contributed by atoms with Crippen molar-refractivity contribution in [1.82, 2.24) is 0 Å². The molecule has 5 heteroatoms. The number of carbonyl (C=O) groups is 2. The Morgan fingerprint density at radius 1 is 1.09 bits per heavy atom. The van der Waals surface area contributed by atoms with Crippen molar-refractivity contribution in [2.75, 3.05) is 5.32 Å². The van der Waals surface area contributed by atoms with Gasteiger partial charge in [0.25, 0.3) is 5.91 Å². The molecule has 0 saturated heterocycles. The van der Waals surface area contributed by atoms with Crippen LogP contribution in [0.5, 0.6) is 0 Å². The third kappa shape index (κ3) is 3.29. The number of oxime groups is 1. The molecule has 0 spiro atoms. The average Bonchev–Trinajstić information content (AvgIpc) is 3.06. The number of anilines is 1. The SMILES string of the molecule is CC(=O)c1ccccc1NC(=O)C1CC(c2ccccc2)=NO1. The van der Waals surface area contributed by atoms with Crippen LogP contribution in [0.4, 0.5) is 5.69 Å². The summed E-state index contributed by atoms with van der Waals surface area (Å²) in [5, 5.41) is 6.74. The van der Waals surface area contributed by atoms with E-state index >= 15 is 0 Å². The standard InChI is InChI=1S/C18H16N2O3/c1-12(21)14-9-5-6-10-15(14)19-18(22)17-11-16(20-23-17)13-7-3-2-4-8-13/h2-10,17H,11H2,1H3,(H,19,22). The first-order valence-electron chi connectivity index (χ1n) is 7.34. The number of Topliss-reactive ketones (excluding diaryl/α,β-unsaturated/α-hetero) is 1. The van der Waals surface area contributed by atoms with Crippen LogP contribution < -0.4 is 5.32 Å². The summed E-state index contributed by atoms with van der Waals surface area (Å²) < 4.78 is 0. The van der Waals surface area contributed by atoms with E-state index in [0.29, 0.717) is 17.7 Å². The summed E-state index contributed by atoms with van der Waals surface area (Å²) in [5.74, 6) is -0.414. The Labute approximate surface area is 134 Å². The van der Waals surface area contributed by atoms with Gasteiger partial charge in [0.15, 0.2) is 5.78 Å². The van der Waals surface area contributed by atoms with Crippen molar-refractivity contribution >= 4 is 23.1 Å². The number of ketones is 1. The fourth-order valence-corrected chi connectivity index (χ4v) is 2.43. The molecule has 1 unspecified atom stereocenters. The molecule has 2 aromatic carbocycles. The molecule has 1 aliphatic rings. The lowest BCUT2D eigenvalue weighted by molar-refractivity contribution is -0.125. The van der Waals surface area contributed by atoms with E-state index in [0.717, 1.165) is 11.3 Å². The first kappa shape index (κ1) is 15.0. The molecule has 5 nitrogen and oxygen atoms in total. The Bertz CT molecular complexity index is 769. The minimum atomic E-state index is -0.690. The van der Waals surface area contributed by atoms with E-state index in [-0.39, 0.29) is 11.7 Å². The summed E-state index contributed by atoms with van der Waals surface area (Å²) in [5.41, 5.74) is 2.64. The average molecular weight is 308 g/mol. The fraction of sp³-hybridized carbons (Fsp3) is 0.167. The number of hydrogen-bond donors (Lipinski definition) is 1. The van der Waals surface area contributed by atoms with Crippen molar-refractivity contribution < 1.29 is 14.4 Å². The van der Waals surface area contributed by atoms with Crippen molar-refractivity contribution in [3.8, 4) is 0 Å². The van der Waals surface area contributed by atoms with E-state index in [1.54, 1.807) is 24.3 Å². The molecule has 1 N–H and O–H groups in total. The van der Waals surface area contributed by atoms with Gasteiger partial charge in [0, 0.05) is 12.0 Å². The zero-order valence-corrected chi connectivity index (χ0v) is 12.7. The van der Waals surface area contributed by atoms with Gasteiger partial charge in [-0.15, -0.1) is 0 Å². The smallest absolute Gasteiger partial charge is 0.268 e. The second-order valence-corrected chi connectivity index (χ2v) is 5.29. The quantitative estimate of drug-likeness (QED) is 0.883. The lowest BCUT2D eigenvalue weighted by Crippen LogP contribution is -2.28. The predicted octanol–water partition coefficient (Wildman–Crippen LogP) is 3.02. The lowest BCUT2D eigenvalue weighted by Gasteiger charge is -2.11. The van der Waals surface area contributed by atoms with Crippen molar-refractivity contribution in [3.05, 3.63) is 65.7 Å². The van der Waals surface area contributed by atoms with E-state index in [1.165, 1.54) is 6.92 Å². The van der Waals surface area contributed by atoms with Crippen LogP contribution in [0.1, 0.15) is 29.3 Å². The number of benzene rings is 2. The molecule has 0 radical (unpaired) electrons. The van der Waals surface area contributed by atoms with Gasteiger partial charge in [0.1, 0.15) is 0 Å². The molecule has 2 aromatic rings. The van der Waals surface area contributed by atoms with Crippen LogP contribution >= 0.6 is 0 Å². The summed E-state index contributed by atoms with van der Waals surface area (Å²) in [7, 11) is 0. The van der Waals surface area contributed by atoms with Crippen LogP contribution in [0.3, 0.4) is 0 Å². The number of hydrogen-bond acceptors (Lipinski definition) is 4. The molecule has 1 atom stereocenters. The molecular weight excluding hydrogens is 292 g/mol. The van der Waals surface area contributed by atoms with E-state index in [4.69, 9.17) is 4.84 Å². The van der Waals surface area contributed by atoms with E-state index in [2.05, 4.69) is 10.5 Å². The molecule has 0 saturated carbocycles. The van der Waals surface area contributed by atoms with E-state index in [1.807, 2.05) is 30.3 Å². The highest BCUT2D eigenvalue weighted by Crippen LogP contribution is 2.20. The largest absolute Gasteiger partial charge is 0.382 e. The van der Waals surface area contributed by atoms with Gasteiger partial charge in [-0.1, -0.05) is 47.6 Å². The van der Waals surface area contributed by atoms with Crippen LogP contribution in [0.2, 0.25) is 0 Å². The molecule has 0 aromatic heterocycles. The third-order valence-electron chi connectivity index (χ3n) is 3.63. The van der Waals surface area contributed by atoms with E-state index in [9.17, 15) is 9.59 Å². The Morgan fingerprint density at radius 2 is 1.78 bits per heavy atom. The molecule has 116 valence electrons. The highest BCUT2D eigenvalue weighted by molar-refractivity contribution is 6.08. The maximum absolute atomic E-state index is 12.3. The van der Waals surface area contributed by atoms with Crippen molar-refractivity contribution in [2.24, 2.45) is 5.16 Å². The maximum Gasteiger partial charge on any atom is 0.268 e. The molecule has 0 aliphatic carbocycles. The van der Waals surface area contributed by atoms with Crippen LogP contribution in [0, 0.1) is 0 Å². The molecule has 23 heavy (non-hydrogen) atoms. The Kier molecular flexibility index (Phi) is 4.19. The molecule has 3 rings (SSSR count). The van der Waals surface area contributed by atoms with Gasteiger partial charge in [-0.25, -0.2) is 0 Å². The molecule has 0 fully saturated rings. The number of rotatable bonds is 4. The summed E-state index contributed by atoms with van der Waals surface area (Å²) in [6, 6.07) is 16.5. The monoisotopic (exact) mass is 308 g/mol. The molecule has 0 bridgehead atoms. The first-order chi connectivity index (χ1) is 11.1. The van der Waals surface area contributed by atoms with Crippen molar-refractivity contribution in [3.63, 3.8) is 0 Å². The lowest BCUT2D eigenvalue weighted by atomic mass is 10.0. The minimum Gasteiger partial charge on any atom is -0.382 e. The van der Waals surface area contributed by atoms with Gasteiger partial charge < -0.3 is 10.2 Å². The van der Waals surface area contributed by atoms with E-state index < -0.39 is 6.10 Å². The van der Waals surface area contributed by atoms with Gasteiger partial charge in [0.2, 0.25) is 6.10 Å². The van der Waals surface area contributed by atoms with Crippen LogP contribution in [-0.2, 0) is 9.63 Å². The first-order valence-corrected chi connectivity index (χ1v) is 7.34. The second-order valence-electron chi connectivity index (χ2n) is 5.29. The van der Waals surface area contributed by atoms with Crippen LogP contribution in [0.15, 0.2) is 59.8 Å². The zero-order chi connectivity index (χ0) is 16.2. The summed E-state index contributed by atoms with van der Waals surface area (Å²) in [6.45, 7) is 1.47.